The fourth-order valence-electron chi connectivity index (χ4n) is 2.58. The Hall–Kier alpha value is -0.130. The van der Waals surface area contributed by atoms with Crippen molar-refractivity contribution in [2.24, 2.45) is 0 Å². The van der Waals surface area contributed by atoms with Crippen molar-refractivity contribution in [2.45, 2.75) is 45.7 Å². The van der Waals surface area contributed by atoms with Crippen LogP contribution in [-0.2, 0) is 9.84 Å². The first-order valence-electron chi connectivity index (χ1n) is 6.67. The lowest BCUT2D eigenvalue weighted by Gasteiger charge is -2.39. The molecule has 2 unspecified atom stereocenters. The highest BCUT2D eigenvalue weighted by Gasteiger charge is 2.31. The molecule has 17 heavy (non-hydrogen) atoms. The Labute approximate surface area is 106 Å². The third-order valence-corrected chi connectivity index (χ3v) is 5.24. The minimum atomic E-state index is -2.80. The molecule has 1 saturated heterocycles. The molecule has 0 aromatic heterocycles. The van der Waals surface area contributed by atoms with Crippen LogP contribution in [0, 0.1) is 0 Å². The van der Waals surface area contributed by atoms with Crippen LogP contribution < -0.4 is 5.32 Å². The van der Waals surface area contributed by atoms with Crippen molar-refractivity contribution in [3.05, 3.63) is 0 Å². The lowest BCUT2D eigenvalue weighted by atomic mass is 10.1. The van der Waals surface area contributed by atoms with Crippen LogP contribution in [0.3, 0.4) is 0 Å². The zero-order valence-corrected chi connectivity index (χ0v) is 12.1. The van der Waals surface area contributed by atoms with Crippen LogP contribution in [0.5, 0.6) is 0 Å². The van der Waals surface area contributed by atoms with Crippen molar-refractivity contribution in [2.75, 3.05) is 31.1 Å². The molecule has 0 aliphatic carbocycles. The van der Waals surface area contributed by atoms with Gasteiger partial charge in [0.05, 0.1) is 11.5 Å². The molecular formula is C12H26N2O2S. The molecule has 102 valence electrons. The molecule has 2 atom stereocenters. The molecule has 0 saturated carbocycles. The molecule has 0 spiro atoms. The van der Waals surface area contributed by atoms with E-state index in [0.29, 0.717) is 24.1 Å². The fraction of sp³-hybridized carbons (Fsp3) is 1.00. The van der Waals surface area contributed by atoms with Gasteiger partial charge in [-0.25, -0.2) is 8.42 Å². The maximum Gasteiger partial charge on any atom is 0.153 e. The monoisotopic (exact) mass is 262 g/mol. The van der Waals surface area contributed by atoms with Gasteiger partial charge in [0.1, 0.15) is 0 Å². The quantitative estimate of drug-likeness (QED) is 0.772. The van der Waals surface area contributed by atoms with Crippen LogP contribution in [0.2, 0.25) is 0 Å². The van der Waals surface area contributed by atoms with E-state index in [-0.39, 0.29) is 6.04 Å². The molecule has 4 nitrogen and oxygen atoms in total. The SMILES string of the molecule is CCCC(CNCC)N1CCS(=O)(=O)CC1C. The van der Waals surface area contributed by atoms with Crippen LogP contribution in [0.1, 0.15) is 33.6 Å². The van der Waals surface area contributed by atoms with E-state index < -0.39 is 9.84 Å². The van der Waals surface area contributed by atoms with Gasteiger partial charge in [-0.2, -0.15) is 0 Å². The van der Waals surface area contributed by atoms with Gasteiger partial charge < -0.3 is 5.32 Å². The maximum atomic E-state index is 11.6. The van der Waals surface area contributed by atoms with Crippen molar-refractivity contribution in [1.29, 1.82) is 0 Å². The van der Waals surface area contributed by atoms with E-state index in [4.69, 9.17) is 0 Å². The Kier molecular flexibility index (Phi) is 5.89. The van der Waals surface area contributed by atoms with Crippen LogP contribution >= 0.6 is 0 Å². The third-order valence-electron chi connectivity index (χ3n) is 3.44. The van der Waals surface area contributed by atoms with Gasteiger partial charge in [-0.15, -0.1) is 0 Å². The van der Waals surface area contributed by atoms with Gasteiger partial charge in [0, 0.05) is 25.2 Å². The number of nitrogens with zero attached hydrogens (tertiary/aromatic N) is 1. The summed E-state index contributed by atoms with van der Waals surface area (Å²) < 4.78 is 23.1. The van der Waals surface area contributed by atoms with Crippen molar-refractivity contribution >= 4 is 9.84 Å². The molecule has 0 aromatic carbocycles. The number of sulfone groups is 1. The first kappa shape index (κ1) is 14.9. The van der Waals surface area contributed by atoms with Gasteiger partial charge >= 0.3 is 0 Å². The normalized spacial score (nSPS) is 26.9. The minimum Gasteiger partial charge on any atom is -0.315 e. The highest BCUT2D eigenvalue weighted by Crippen LogP contribution is 2.17. The van der Waals surface area contributed by atoms with Crippen LogP contribution in [0.15, 0.2) is 0 Å². The molecule has 0 amide bonds. The van der Waals surface area contributed by atoms with Crippen molar-refractivity contribution in [3.8, 4) is 0 Å². The Bertz CT molecular complexity index is 316. The smallest absolute Gasteiger partial charge is 0.153 e. The zero-order chi connectivity index (χ0) is 12.9. The highest BCUT2D eigenvalue weighted by molar-refractivity contribution is 7.91. The minimum absolute atomic E-state index is 0.156. The van der Waals surface area contributed by atoms with Gasteiger partial charge in [-0.05, 0) is 19.9 Å². The molecule has 0 aromatic rings. The van der Waals surface area contributed by atoms with Gasteiger partial charge in [0.25, 0.3) is 0 Å². The van der Waals surface area contributed by atoms with E-state index in [2.05, 4.69) is 24.1 Å². The average molecular weight is 262 g/mol. The summed E-state index contributed by atoms with van der Waals surface area (Å²) in [6, 6.07) is 0.634. The van der Waals surface area contributed by atoms with Crippen LogP contribution in [0.4, 0.5) is 0 Å². The first-order valence-corrected chi connectivity index (χ1v) is 8.49. The first-order chi connectivity index (χ1) is 8.00. The summed E-state index contributed by atoms with van der Waals surface area (Å²) in [5.74, 6) is 0.642. The lowest BCUT2D eigenvalue weighted by molar-refractivity contribution is 0.146. The van der Waals surface area contributed by atoms with Gasteiger partial charge in [0.15, 0.2) is 9.84 Å². The Balaban J connectivity index is 2.61. The van der Waals surface area contributed by atoms with Gasteiger partial charge in [-0.1, -0.05) is 20.3 Å². The second-order valence-electron chi connectivity index (χ2n) is 4.95. The van der Waals surface area contributed by atoms with E-state index in [1.807, 2.05) is 6.92 Å². The molecule has 1 aliphatic heterocycles. The molecule has 0 bridgehead atoms. The molecule has 1 heterocycles. The predicted molar refractivity (Wildman–Crippen MR) is 72.1 cm³/mol. The molecule has 1 fully saturated rings. The second kappa shape index (κ2) is 6.71. The zero-order valence-electron chi connectivity index (χ0n) is 11.3. The third kappa shape index (κ3) is 4.56. The summed E-state index contributed by atoms with van der Waals surface area (Å²) >= 11 is 0. The summed E-state index contributed by atoms with van der Waals surface area (Å²) in [5, 5.41) is 3.38. The number of nitrogens with one attached hydrogen (secondary N) is 1. The van der Waals surface area contributed by atoms with E-state index in [1.54, 1.807) is 0 Å². The lowest BCUT2D eigenvalue weighted by Crippen LogP contribution is -2.54. The molecule has 1 rings (SSSR count). The second-order valence-corrected chi connectivity index (χ2v) is 7.18. The van der Waals surface area contributed by atoms with Gasteiger partial charge in [-0.3, -0.25) is 4.90 Å². The Morgan fingerprint density at radius 3 is 2.65 bits per heavy atom. The molecule has 1 N–H and O–H groups in total. The summed E-state index contributed by atoms with van der Waals surface area (Å²) in [5.41, 5.74) is 0. The Morgan fingerprint density at radius 1 is 1.41 bits per heavy atom. The predicted octanol–water partition coefficient (Wildman–Crippen LogP) is 0.884. The number of hydrogen-bond donors (Lipinski definition) is 1. The highest BCUT2D eigenvalue weighted by atomic mass is 32.2. The van der Waals surface area contributed by atoms with Crippen molar-refractivity contribution < 1.29 is 8.42 Å². The topological polar surface area (TPSA) is 49.4 Å². The number of likely N-dealkylation sites (N-methyl/N-ethyl adjacent to an activating group) is 1. The van der Waals surface area contributed by atoms with E-state index in [9.17, 15) is 8.42 Å². The summed E-state index contributed by atoms with van der Waals surface area (Å²) in [4.78, 5) is 2.37. The summed E-state index contributed by atoms with van der Waals surface area (Å²) in [6.45, 7) is 8.96. The maximum absolute atomic E-state index is 11.6. The molecule has 5 heteroatoms. The van der Waals surface area contributed by atoms with Gasteiger partial charge in [0.2, 0.25) is 0 Å². The largest absolute Gasteiger partial charge is 0.315 e. The molecule has 1 aliphatic rings. The molecular weight excluding hydrogens is 236 g/mol. The number of rotatable bonds is 6. The van der Waals surface area contributed by atoms with E-state index >= 15 is 0 Å². The van der Waals surface area contributed by atoms with Crippen molar-refractivity contribution in [1.82, 2.24) is 10.2 Å². The van der Waals surface area contributed by atoms with E-state index in [0.717, 1.165) is 25.9 Å². The molecule has 0 radical (unpaired) electrons. The Morgan fingerprint density at radius 2 is 2.12 bits per heavy atom. The standard InChI is InChI=1S/C12H26N2O2S/c1-4-6-12(9-13-5-2)14-7-8-17(15,16)10-11(14)3/h11-13H,4-10H2,1-3H3. The average Bonchev–Trinajstić information content (AvgIpc) is 2.24. The van der Waals surface area contributed by atoms with Crippen LogP contribution in [0.25, 0.3) is 0 Å². The summed E-state index contributed by atoms with van der Waals surface area (Å²) in [7, 11) is -2.80. The van der Waals surface area contributed by atoms with Crippen LogP contribution in [-0.4, -0.2) is 56.5 Å². The fourth-order valence-corrected chi connectivity index (χ4v) is 4.17. The number of hydrogen-bond acceptors (Lipinski definition) is 4. The van der Waals surface area contributed by atoms with Crippen molar-refractivity contribution in [3.63, 3.8) is 0 Å². The summed E-state index contributed by atoms with van der Waals surface area (Å²) in [6.07, 6.45) is 2.28. The van der Waals surface area contributed by atoms with E-state index in [1.165, 1.54) is 0 Å².